The molecular formula is C25H22ClN3O4. The van der Waals surface area contributed by atoms with Crippen molar-refractivity contribution in [2.45, 2.75) is 20.3 Å². The van der Waals surface area contributed by atoms with Gasteiger partial charge in [0.15, 0.2) is 5.78 Å². The van der Waals surface area contributed by atoms with Gasteiger partial charge >= 0.3 is 5.97 Å². The number of aryl methyl sites for hydroxylation is 2. The molecule has 8 heteroatoms. The minimum atomic E-state index is -0.945. The fourth-order valence-electron chi connectivity index (χ4n) is 3.31. The lowest BCUT2D eigenvalue weighted by Crippen LogP contribution is -2.15. The molecule has 0 spiro atoms. The largest absolute Gasteiger partial charge is 0.491 e. The Bertz CT molecular complexity index is 1250. The number of ketones is 1. The first kappa shape index (κ1) is 23.8. The Hall–Kier alpha value is -3.89. The first-order valence-electron chi connectivity index (χ1n) is 10.2. The number of halogens is 1. The van der Waals surface area contributed by atoms with E-state index in [1.54, 1.807) is 36.5 Å². The van der Waals surface area contributed by atoms with Crippen LogP contribution in [-0.4, -0.2) is 35.0 Å². The molecule has 2 aromatic carbocycles. The van der Waals surface area contributed by atoms with Crippen LogP contribution in [0.2, 0.25) is 5.02 Å². The Morgan fingerprint density at radius 3 is 2.64 bits per heavy atom. The Morgan fingerprint density at radius 1 is 1.15 bits per heavy atom. The molecule has 168 valence electrons. The summed E-state index contributed by atoms with van der Waals surface area (Å²) in [4.78, 5) is 27.8. The van der Waals surface area contributed by atoms with Crippen molar-refractivity contribution in [2.24, 2.45) is 0 Å². The SMILES string of the molecule is Cc1cc(C#N)ncc1-c1cc(C(=O)CNc2cccc(C)c2OCCC(=O)O)ccc1Cl. The van der Waals surface area contributed by atoms with Crippen molar-refractivity contribution in [3.05, 3.63) is 76.1 Å². The molecule has 0 bridgehead atoms. The number of carbonyl (C=O) groups excluding carboxylic acids is 1. The predicted molar refractivity (Wildman–Crippen MR) is 126 cm³/mol. The van der Waals surface area contributed by atoms with Crippen molar-refractivity contribution in [3.63, 3.8) is 0 Å². The average Bonchev–Trinajstić information content (AvgIpc) is 2.79. The number of rotatable bonds is 9. The average molecular weight is 464 g/mol. The molecule has 1 heterocycles. The van der Waals surface area contributed by atoms with Crippen LogP contribution in [0.1, 0.15) is 33.6 Å². The lowest BCUT2D eigenvalue weighted by atomic mass is 9.98. The number of carboxylic acid groups (broad SMARTS) is 1. The molecule has 0 atom stereocenters. The summed E-state index contributed by atoms with van der Waals surface area (Å²) in [6.45, 7) is 3.74. The lowest BCUT2D eigenvalue weighted by molar-refractivity contribution is -0.137. The molecule has 0 aliphatic rings. The number of hydrogen-bond acceptors (Lipinski definition) is 6. The van der Waals surface area contributed by atoms with E-state index in [4.69, 9.17) is 26.7 Å². The third-order valence-electron chi connectivity index (χ3n) is 5.02. The van der Waals surface area contributed by atoms with Crippen LogP contribution in [0.5, 0.6) is 5.75 Å². The summed E-state index contributed by atoms with van der Waals surface area (Å²) in [5.74, 6) is -0.590. The second-order valence-electron chi connectivity index (χ2n) is 7.41. The number of pyridine rings is 1. The number of aliphatic carboxylic acids is 1. The van der Waals surface area contributed by atoms with Crippen LogP contribution < -0.4 is 10.1 Å². The van der Waals surface area contributed by atoms with Crippen molar-refractivity contribution in [2.75, 3.05) is 18.5 Å². The molecule has 1 aromatic heterocycles. The standard InChI is InChI=1S/C25H22ClN3O4/c1-15-4-3-5-22(25(15)33-9-8-24(31)32)29-14-23(30)17-6-7-21(26)19(11-17)20-13-28-18(12-27)10-16(20)2/h3-7,10-11,13,29H,8-9,14H2,1-2H3,(H,31,32). The van der Waals surface area contributed by atoms with Gasteiger partial charge in [0.1, 0.15) is 17.5 Å². The highest BCUT2D eigenvalue weighted by Gasteiger charge is 2.14. The zero-order chi connectivity index (χ0) is 24.0. The number of nitrogens with one attached hydrogen (secondary N) is 1. The molecule has 3 aromatic rings. The molecule has 3 rings (SSSR count). The smallest absolute Gasteiger partial charge is 0.306 e. The van der Waals surface area contributed by atoms with Crippen LogP contribution >= 0.6 is 11.6 Å². The number of carbonyl (C=O) groups is 2. The molecule has 0 aliphatic heterocycles. The second kappa shape index (κ2) is 10.6. The third-order valence-corrected chi connectivity index (χ3v) is 5.35. The van der Waals surface area contributed by atoms with Gasteiger partial charge in [-0.3, -0.25) is 9.59 Å². The van der Waals surface area contributed by atoms with Crippen molar-refractivity contribution in [1.29, 1.82) is 5.26 Å². The summed E-state index contributed by atoms with van der Waals surface area (Å²) >= 11 is 6.38. The maximum atomic E-state index is 12.9. The van der Waals surface area contributed by atoms with Crippen LogP contribution in [0.25, 0.3) is 11.1 Å². The van der Waals surface area contributed by atoms with E-state index >= 15 is 0 Å². The number of aromatic nitrogens is 1. The van der Waals surface area contributed by atoms with E-state index in [0.29, 0.717) is 33.3 Å². The highest BCUT2D eigenvalue weighted by atomic mass is 35.5. The molecule has 0 amide bonds. The van der Waals surface area contributed by atoms with Crippen molar-refractivity contribution in [1.82, 2.24) is 4.98 Å². The number of nitrogens with zero attached hydrogens (tertiary/aromatic N) is 2. The van der Waals surface area contributed by atoms with E-state index in [2.05, 4.69) is 10.3 Å². The van der Waals surface area contributed by atoms with Gasteiger partial charge in [0.25, 0.3) is 0 Å². The van der Waals surface area contributed by atoms with Gasteiger partial charge in [-0.15, -0.1) is 0 Å². The van der Waals surface area contributed by atoms with Gasteiger partial charge in [0.05, 0.1) is 25.3 Å². The van der Waals surface area contributed by atoms with Crippen molar-refractivity contribution >= 4 is 29.0 Å². The van der Waals surface area contributed by atoms with Gasteiger partial charge in [-0.1, -0.05) is 23.7 Å². The number of carboxylic acids is 1. The topological polar surface area (TPSA) is 112 Å². The molecular weight excluding hydrogens is 442 g/mol. The van der Waals surface area contributed by atoms with Crippen LogP contribution in [0.3, 0.4) is 0 Å². The highest BCUT2D eigenvalue weighted by Crippen LogP contribution is 2.32. The Balaban J connectivity index is 1.79. The van der Waals surface area contributed by atoms with E-state index in [1.807, 2.05) is 32.0 Å². The molecule has 33 heavy (non-hydrogen) atoms. The van der Waals surface area contributed by atoms with Crippen LogP contribution in [-0.2, 0) is 4.79 Å². The highest BCUT2D eigenvalue weighted by molar-refractivity contribution is 6.33. The summed E-state index contributed by atoms with van der Waals surface area (Å²) in [6.07, 6.45) is 1.46. The van der Waals surface area contributed by atoms with Gasteiger partial charge in [-0.2, -0.15) is 5.26 Å². The maximum absolute atomic E-state index is 12.9. The summed E-state index contributed by atoms with van der Waals surface area (Å²) in [7, 11) is 0. The van der Waals surface area contributed by atoms with Gasteiger partial charge < -0.3 is 15.2 Å². The summed E-state index contributed by atoms with van der Waals surface area (Å²) in [6, 6.07) is 14.2. The molecule has 0 radical (unpaired) electrons. The minimum Gasteiger partial charge on any atom is -0.491 e. The molecule has 7 nitrogen and oxygen atoms in total. The van der Waals surface area contributed by atoms with Gasteiger partial charge in [-0.05, 0) is 55.3 Å². The number of Topliss-reactive ketones (excluding diaryl/α,β-unsaturated/α-hetero) is 1. The molecule has 0 aliphatic carbocycles. The van der Waals surface area contributed by atoms with E-state index in [1.165, 1.54) is 0 Å². The van der Waals surface area contributed by atoms with Crippen molar-refractivity contribution < 1.29 is 19.4 Å². The second-order valence-corrected chi connectivity index (χ2v) is 7.82. The quantitative estimate of drug-likeness (QED) is 0.427. The minimum absolute atomic E-state index is 0.00438. The monoisotopic (exact) mass is 463 g/mol. The first-order valence-corrected chi connectivity index (χ1v) is 10.6. The zero-order valence-electron chi connectivity index (χ0n) is 18.2. The Labute approximate surface area is 196 Å². The normalized spacial score (nSPS) is 10.4. The summed E-state index contributed by atoms with van der Waals surface area (Å²) in [5.41, 5.74) is 4.44. The third kappa shape index (κ3) is 5.88. The summed E-state index contributed by atoms with van der Waals surface area (Å²) in [5, 5.41) is 21.4. The number of ether oxygens (including phenoxy) is 1. The lowest BCUT2D eigenvalue weighted by Gasteiger charge is -2.15. The van der Waals surface area contributed by atoms with Crippen molar-refractivity contribution in [3.8, 4) is 22.9 Å². The zero-order valence-corrected chi connectivity index (χ0v) is 18.9. The van der Waals surface area contributed by atoms with E-state index in [9.17, 15) is 9.59 Å². The number of anilines is 1. The number of nitriles is 1. The van der Waals surface area contributed by atoms with Crippen LogP contribution in [0.15, 0.2) is 48.7 Å². The Kier molecular flexibility index (Phi) is 7.65. The molecule has 0 saturated carbocycles. The molecule has 0 unspecified atom stereocenters. The fourth-order valence-corrected chi connectivity index (χ4v) is 3.52. The maximum Gasteiger partial charge on any atom is 0.306 e. The van der Waals surface area contributed by atoms with E-state index in [-0.39, 0.29) is 25.4 Å². The van der Waals surface area contributed by atoms with E-state index < -0.39 is 5.97 Å². The van der Waals surface area contributed by atoms with Crippen LogP contribution in [0.4, 0.5) is 5.69 Å². The van der Waals surface area contributed by atoms with Gasteiger partial charge in [-0.25, -0.2) is 4.98 Å². The van der Waals surface area contributed by atoms with Crippen LogP contribution in [0, 0.1) is 25.2 Å². The summed E-state index contributed by atoms with van der Waals surface area (Å²) < 4.78 is 5.64. The number of para-hydroxylation sites is 1. The molecule has 0 saturated heterocycles. The Morgan fingerprint density at radius 2 is 1.94 bits per heavy atom. The van der Waals surface area contributed by atoms with Gasteiger partial charge in [0.2, 0.25) is 0 Å². The van der Waals surface area contributed by atoms with E-state index in [0.717, 1.165) is 16.7 Å². The van der Waals surface area contributed by atoms with Gasteiger partial charge in [0, 0.05) is 27.9 Å². The first-order chi connectivity index (χ1) is 15.8. The number of benzene rings is 2. The molecule has 0 fully saturated rings. The predicted octanol–water partition coefficient (Wildman–Crippen LogP) is 5.04. The molecule has 2 N–H and O–H groups in total. The number of hydrogen-bond donors (Lipinski definition) is 2. The fraction of sp³-hybridized carbons (Fsp3) is 0.200.